The smallest absolute Gasteiger partial charge is 0.404 e. The lowest BCUT2D eigenvalue weighted by molar-refractivity contribution is -0.129. The fourth-order valence-corrected chi connectivity index (χ4v) is 2.14. The van der Waals surface area contributed by atoms with Crippen molar-refractivity contribution in [2.24, 2.45) is 0 Å². The molecule has 1 aromatic rings. The third-order valence-electron chi connectivity index (χ3n) is 2.40. The lowest BCUT2D eigenvalue weighted by Gasteiger charge is -2.21. The Bertz CT molecular complexity index is 460. The normalized spacial score (nSPS) is 10.1. The van der Waals surface area contributed by atoms with E-state index in [4.69, 9.17) is 28.3 Å². The second-order valence-electron chi connectivity index (χ2n) is 3.95. The highest BCUT2D eigenvalue weighted by Gasteiger charge is 2.10. The van der Waals surface area contributed by atoms with E-state index in [1.165, 1.54) is 11.8 Å². The molecule has 0 atom stereocenters. The number of carbonyl (C=O) groups is 2. The second kappa shape index (κ2) is 7.21. The molecule has 0 aromatic heterocycles. The maximum Gasteiger partial charge on any atom is 0.404 e. The number of benzene rings is 1. The largest absolute Gasteiger partial charge is 0.465 e. The number of amides is 2. The van der Waals surface area contributed by atoms with Crippen molar-refractivity contribution >= 4 is 35.2 Å². The van der Waals surface area contributed by atoms with Gasteiger partial charge in [0, 0.05) is 36.6 Å². The molecule has 104 valence electrons. The van der Waals surface area contributed by atoms with Crippen molar-refractivity contribution in [1.82, 2.24) is 10.2 Å². The highest BCUT2D eigenvalue weighted by Crippen LogP contribution is 2.20. The van der Waals surface area contributed by atoms with Crippen LogP contribution in [0.25, 0.3) is 0 Å². The van der Waals surface area contributed by atoms with Crippen LogP contribution in [0, 0.1) is 0 Å². The molecule has 0 aliphatic carbocycles. The van der Waals surface area contributed by atoms with Crippen LogP contribution in [0.2, 0.25) is 10.0 Å². The van der Waals surface area contributed by atoms with E-state index < -0.39 is 6.09 Å². The summed E-state index contributed by atoms with van der Waals surface area (Å²) in [5.74, 6) is -0.150. The topological polar surface area (TPSA) is 69.6 Å². The van der Waals surface area contributed by atoms with Gasteiger partial charge in [0.25, 0.3) is 0 Å². The average Bonchev–Trinajstić information content (AvgIpc) is 2.25. The minimum atomic E-state index is -1.12. The summed E-state index contributed by atoms with van der Waals surface area (Å²) in [6.07, 6.45) is -1.12. The lowest BCUT2D eigenvalue weighted by Crippen LogP contribution is -2.36. The van der Waals surface area contributed by atoms with Crippen LogP contribution < -0.4 is 5.32 Å². The number of nitrogens with zero attached hydrogens (tertiary/aromatic N) is 1. The molecule has 19 heavy (non-hydrogen) atoms. The van der Waals surface area contributed by atoms with Crippen molar-refractivity contribution in [3.63, 3.8) is 0 Å². The third kappa shape index (κ3) is 5.81. The standard InChI is InChI=1S/C12H14Cl2N2O3/c1-8(17)16(3-2-15-12(18)19)7-9-4-10(13)6-11(14)5-9/h4-6,15H,2-3,7H2,1H3,(H,18,19). The van der Waals surface area contributed by atoms with E-state index in [0.717, 1.165) is 5.56 Å². The first-order valence-electron chi connectivity index (χ1n) is 5.56. The van der Waals surface area contributed by atoms with Crippen LogP contribution in [0.5, 0.6) is 0 Å². The SMILES string of the molecule is CC(=O)N(CCNC(=O)O)Cc1cc(Cl)cc(Cl)c1. The summed E-state index contributed by atoms with van der Waals surface area (Å²) in [7, 11) is 0. The van der Waals surface area contributed by atoms with Crippen LogP contribution in [0.1, 0.15) is 12.5 Å². The molecular weight excluding hydrogens is 291 g/mol. The van der Waals surface area contributed by atoms with Crippen molar-refractivity contribution in [2.45, 2.75) is 13.5 Å². The summed E-state index contributed by atoms with van der Waals surface area (Å²) in [6.45, 7) is 2.21. The van der Waals surface area contributed by atoms with Crippen LogP contribution >= 0.6 is 23.2 Å². The zero-order valence-electron chi connectivity index (χ0n) is 10.3. The van der Waals surface area contributed by atoms with Crippen LogP contribution in [0.4, 0.5) is 4.79 Å². The number of hydrogen-bond donors (Lipinski definition) is 2. The van der Waals surface area contributed by atoms with Crippen molar-refractivity contribution in [3.8, 4) is 0 Å². The Balaban J connectivity index is 2.67. The van der Waals surface area contributed by atoms with Crippen LogP contribution in [0.3, 0.4) is 0 Å². The van der Waals surface area contributed by atoms with Gasteiger partial charge in [0.1, 0.15) is 0 Å². The molecule has 5 nitrogen and oxygen atoms in total. The summed E-state index contributed by atoms with van der Waals surface area (Å²) >= 11 is 11.8. The Morgan fingerprint density at radius 1 is 1.26 bits per heavy atom. The predicted molar refractivity (Wildman–Crippen MR) is 73.6 cm³/mol. The Morgan fingerprint density at radius 3 is 2.32 bits per heavy atom. The fraction of sp³-hybridized carbons (Fsp3) is 0.333. The van der Waals surface area contributed by atoms with Crippen LogP contribution in [-0.4, -0.2) is 35.1 Å². The predicted octanol–water partition coefficient (Wildman–Crippen LogP) is 2.61. The van der Waals surface area contributed by atoms with Gasteiger partial charge in [-0.05, 0) is 23.8 Å². The second-order valence-corrected chi connectivity index (χ2v) is 4.82. The van der Waals surface area contributed by atoms with Crippen molar-refractivity contribution in [2.75, 3.05) is 13.1 Å². The lowest BCUT2D eigenvalue weighted by atomic mass is 10.2. The van der Waals surface area contributed by atoms with Gasteiger partial charge < -0.3 is 15.3 Å². The number of halogens is 2. The Morgan fingerprint density at radius 2 is 1.84 bits per heavy atom. The third-order valence-corrected chi connectivity index (χ3v) is 2.84. The van der Waals surface area contributed by atoms with Gasteiger partial charge in [-0.15, -0.1) is 0 Å². The summed E-state index contributed by atoms with van der Waals surface area (Å²) in [5, 5.41) is 11.7. The molecule has 2 amide bonds. The highest BCUT2D eigenvalue weighted by molar-refractivity contribution is 6.34. The molecule has 7 heteroatoms. The Hall–Kier alpha value is -1.46. The number of rotatable bonds is 5. The van der Waals surface area contributed by atoms with Gasteiger partial charge in [0.15, 0.2) is 0 Å². The van der Waals surface area contributed by atoms with Crippen molar-refractivity contribution < 1.29 is 14.7 Å². The van der Waals surface area contributed by atoms with Crippen molar-refractivity contribution in [3.05, 3.63) is 33.8 Å². The first kappa shape index (κ1) is 15.6. The molecule has 0 spiro atoms. The maximum absolute atomic E-state index is 11.5. The van der Waals surface area contributed by atoms with E-state index in [0.29, 0.717) is 16.6 Å². The number of hydrogen-bond acceptors (Lipinski definition) is 2. The van der Waals surface area contributed by atoms with E-state index in [1.54, 1.807) is 18.2 Å². The van der Waals surface area contributed by atoms with Crippen LogP contribution in [-0.2, 0) is 11.3 Å². The number of nitrogens with one attached hydrogen (secondary N) is 1. The molecule has 2 N–H and O–H groups in total. The summed E-state index contributed by atoms with van der Waals surface area (Å²) in [5.41, 5.74) is 0.794. The zero-order chi connectivity index (χ0) is 14.4. The maximum atomic E-state index is 11.5. The van der Waals surface area contributed by atoms with E-state index >= 15 is 0 Å². The first-order valence-corrected chi connectivity index (χ1v) is 6.31. The molecule has 0 saturated carbocycles. The first-order chi connectivity index (χ1) is 8.88. The van der Waals surface area contributed by atoms with Gasteiger partial charge >= 0.3 is 6.09 Å². The molecule has 0 aliphatic heterocycles. The fourth-order valence-electron chi connectivity index (χ4n) is 1.57. The average molecular weight is 305 g/mol. The molecule has 0 radical (unpaired) electrons. The number of carbonyl (C=O) groups excluding carboxylic acids is 1. The molecule has 1 aromatic carbocycles. The molecule has 1 rings (SSSR count). The van der Waals surface area contributed by atoms with E-state index in [-0.39, 0.29) is 19.0 Å². The monoisotopic (exact) mass is 304 g/mol. The molecule has 0 heterocycles. The van der Waals surface area contributed by atoms with Gasteiger partial charge in [-0.1, -0.05) is 23.2 Å². The summed E-state index contributed by atoms with van der Waals surface area (Å²) < 4.78 is 0. The summed E-state index contributed by atoms with van der Waals surface area (Å²) in [4.78, 5) is 23.3. The van der Waals surface area contributed by atoms with E-state index in [2.05, 4.69) is 5.32 Å². The summed E-state index contributed by atoms with van der Waals surface area (Å²) in [6, 6.07) is 5.04. The molecule has 0 bridgehead atoms. The van der Waals surface area contributed by atoms with Gasteiger partial charge in [-0.3, -0.25) is 4.79 Å². The van der Waals surface area contributed by atoms with Crippen molar-refractivity contribution in [1.29, 1.82) is 0 Å². The highest BCUT2D eigenvalue weighted by atomic mass is 35.5. The van der Waals surface area contributed by atoms with Crippen LogP contribution in [0.15, 0.2) is 18.2 Å². The van der Waals surface area contributed by atoms with Gasteiger partial charge in [0.05, 0.1) is 0 Å². The van der Waals surface area contributed by atoms with E-state index in [1.807, 2.05) is 0 Å². The molecule has 0 fully saturated rings. The molecule has 0 aliphatic rings. The number of carboxylic acid groups (broad SMARTS) is 1. The van der Waals surface area contributed by atoms with Gasteiger partial charge in [-0.2, -0.15) is 0 Å². The quantitative estimate of drug-likeness (QED) is 0.878. The Kier molecular flexibility index (Phi) is 5.92. The minimum absolute atomic E-state index is 0.150. The van der Waals surface area contributed by atoms with Gasteiger partial charge in [0.2, 0.25) is 5.91 Å². The van der Waals surface area contributed by atoms with Gasteiger partial charge in [-0.25, -0.2) is 4.79 Å². The zero-order valence-corrected chi connectivity index (χ0v) is 11.8. The Labute approximate surface area is 121 Å². The molecule has 0 unspecified atom stereocenters. The minimum Gasteiger partial charge on any atom is -0.465 e. The molecular formula is C12H14Cl2N2O3. The molecule has 0 saturated heterocycles. The van der Waals surface area contributed by atoms with E-state index in [9.17, 15) is 9.59 Å².